The van der Waals surface area contributed by atoms with Gasteiger partial charge in [0.2, 0.25) is 0 Å². The molecule has 2 aliphatic heterocycles. The summed E-state index contributed by atoms with van der Waals surface area (Å²) < 4.78 is 38.5. The predicted molar refractivity (Wildman–Crippen MR) is 169 cm³/mol. The molecule has 6 rings (SSSR count). The minimum atomic E-state index is -4.25. The highest BCUT2D eigenvalue weighted by Crippen LogP contribution is 2.33. The van der Waals surface area contributed by atoms with Gasteiger partial charge >= 0.3 is 0 Å². The van der Waals surface area contributed by atoms with Gasteiger partial charge in [-0.1, -0.05) is 0 Å². The molecule has 0 atom stereocenters. The molecule has 0 radical (unpaired) electrons. The van der Waals surface area contributed by atoms with E-state index < -0.39 is 26.3 Å². The summed E-state index contributed by atoms with van der Waals surface area (Å²) in [5, 5.41) is 19.1. The number of rotatable bonds is 11. The fraction of sp³-hybridized carbons (Fsp3) is 0.355. The van der Waals surface area contributed by atoms with Crippen LogP contribution in [-0.2, 0) is 14.6 Å². The molecule has 0 spiro atoms. The van der Waals surface area contributed by atoms with Gasteiger partial charge in [-0.15, -0.1) is 0 Å². The highest BCUT2D eigenvalue weighted by Gasteiger charge is 2.27. The van der Waals surface area contributed by atoms with Crippen LogP contribution in [0.3, 0.4) is 0 Å². The second-order valence-corrected chi connectivity index (χ2v) is 13.2. The van der Waals surface area contributed by atoms with Crippen LogP contribution in [0.15, 0.2) is 65.8 Å². The Balaban J connectivity index is 1.25. The van der Waals surface area contributed by atoms with Crippen molar-refractivity contribution in [3.63, 3.8) is 0 Å². The number of Topliss-reactive ketones (excluding diaryl/α,β-unsaturated/α-hetero) is 1. The summed E-state index contributed by atoms with van der Waals surface area (Å²) in [6.07, 6.45) is 4.96. The Bertz CT molecular complexity index is 1810. The van der Waals surface area contributed by atoms with Crippen molar-refractivity contribution < 1.29 is 27.6 Å². The van der Waals surface area contributed by atoms with Crippen molar-refractivity contribution in [2.24, 2.45) is 5.92 Å². The highest BCUT2D eigenvalue weighted by atomic mass is 32.2. The average Bonchev–Trinajstić information content (AvgIpc) is 3.52. The van der Waals surface area contributed by atoms with Crippen molar-refractivity contribution in [1.82, 2.24) is 15.3 Å². The number of fused-ring (bicyclic) bond motifs is 1. The maximum Gasteiger partial charge on any atom is 0.293 e. The Morgan fingerprint density at radius 1 is 1.11 bits per heavy atom. The molecule has 2 aliphatic rings. The summed E-state index contributed by atoms with van der Waals surface area (Å²) in [6.45, 7) is 4.92. The first-order valence-corrected chi connectivity index (χ1v) is 16.5. The number of hydrogen-bond acceptors (Lipinski definition) is 11. The van der Waals surface area contributed by atoms with Crippen LogP contribution in [-0.4, -0.2) is 80.8 Å². The summed E-state index contributed by atoms with van der Waals surface area (Å²) in [5.41, 5.74) is 1.45. The van der Waals surface area contributed by atoms with E-state index >= 15 is 0 Å². The van der Waals surface area contributed by atoms with Gasteiger partial charge < -0.3 is 30.0 Å². The second-order valence-electron chi connectivity index (χ2n) is 11.2. The summed E-state index contributed by atoms with van der Waals surface area (Å²) in [5.74, 6) is -0.707. The molecule has 0 aliphatic carbocycles. The van der Waals surface area contributed by atoms with Crippen molar-refractivity contribution in [3.8, 4) is 11.5 Å². The van der Waals surface area contributed by atoms with Crippen LogP contribution in [0.2, 0.25) is 0 Å². The van der Waals surface area contributed by atoms with Crippen molar-refractivity contribution in [2.75, 3.05) is 61.9 Å². The molecule has 2 saturated heterocycles. The van der Waals surface area contributed by atoms with Crippen molar-refractivity contribution in [1.29, 1.82) is 0 Å². The number of aromatic amines is 1. The molecular formula is C31H34N6O7S. The normalized spacial score (nSPS) is 16.0. The number of hydrogen-bond donors (Lipinski definition) is 3. The number of pyridine rings is 1. The van der Waals surface area contributed by atoms with Gasteiger partial charge in [-0.3, -0.25) is 14.9 Å². The van der Waals surface area contributed by atoms with Gasteiger partial charge in [-0.25, -0.2) is 13.4 Å². The molecule has 3 N–H and O–H groups in total. The van der Waals surface area contributed by atoms with E-state index in [1.165, 1.54) is 18.3 Å². The first kappa shape index (κ1) is 30.5. The quantitative estimate of drug-likeness (QED) is 0.123. The number of ketones is 1. The summed E-state index contributed by atoms with van der Waals surface area (Å²) in [7, 11) is -4.25. The number of nitrogens with one attached hydrogen (secondary N) is 3. The minimum absolute atomic E-state index is 0.0795. The molecular weight excluding hydrogens is 600 g/mol. The Labute approximate surface area is 260 Å². The number of aromatic nitrogens is 2. The van der Waals surface area contributed by atoms with Crippen molar-refractivity contribution in [3.05, 3.63) is 76.6 Å². The van der Waals surface area contributed by atoms with Crippen LogP contribution in [0.25, 0.3) is 11.0 Å². The molecule has 4 heterocycles. The van der Waals surface area contributed by atoms with E-state index in [9.17, 15) is 23.3 Å². The number of benzene rings is 2. The van der Waals surface area contributed by atoms with Crippen LogP contribution in [0.4, 0.5) is 17.1 Å². The highest BCUT2D eigenvalue weighted by molar-refractivity contribution is 7.92. The lowest BCUT2D eigenvalue weighted by molar-refractivity contribution is -0.384. The molecule has 45 heavy (non-hydrogen) atoms. The Morgan fingerprint density at radius 2 is 1.91 bits per heavy atom. The number of nitrogens with zero attached hydrogens (tertiary/aromatic N) is 3. The number of nitro benzene ring substituents is 1. The van der Waals surface area contributed by atoms with E-state index in [0.717, 1.165) is 56.2 Å². The molecule has 2 fully saturated rings. The number of carbonyl (C=O) groups is 1. The van der Waals surface area contributed by atoms with Crippen molar-refractivity contribution >= 4 is 43.7 Å². The van der Waals surface area contributed by atoms with Crippen LogP contribution < -0.4 is 20.3 Å². The zero-order valence-corrected chi connectivity index (χ0v) is 25.3. The number of nitro groups is 1. The third kappa shape index (κ3) is 7.08. The maximum atomic E-state index is 13.6. The van der Waals surface area contributed by atoms with Gasteiger partial charge in [0.1, 0.15) is 28.6 Å². The van der Waals surface area contributed by atoms with Gasteiger partial charge in [0, 0.05) is 75.3 Å². The molecule has 236 valence electrons. The zero-order chi connectivity index (χ0) is 31.4. The lowest BCUT2D eigenvalue weighted by Crippen LogP contribution is -2.43. The number of carbonyl (C=O) groups excluding carboxylic acids is 1. The van der Waals surface area contributed by atoms with Gasteiger partial charge in [0.25, 0.3) is 5.69 Å². The molecule has 2 aromatic carbocycles. The second kappa shape index (κ2) is 13.2. The van der Waals surface area contributed by atoms with E-state index in [2.05, 4.69) is 25.5 Å². The first-order valence-electron chi connectivity index (χ1n) is 14.8. The maximum absolute atomic E-state index is 13.6. The minimum Gasteiger partial charge on any atom is -0.455 e. The predicted octanol–water partition coefficient (Wildman–Crippen LogP) is 4.17. The monoisotopic (exact) mass is 634 g/mol. The third-order valence-corrected chi connectivity index (χ3v) is 9.73. The Hall–Kier alpha value is -4.53. The third-order valence-electron chi connectivity index (χ3n) is 8.12. The summed E-state index contributed by atoms with van der Waals surface area (Å²) >= 11 is 0. The lowest BCUT2D eigenvalue weighted by atomic mass is 10.0. The van der Waals surface area contributed by atoms with E-state index in [1.54, 1.807) is 30.5 Å². The van der Waals surface area contributed by atoms with Crippen LogP contribution in [0.1, 0.15) is 23.2 Å². The smallest absolute Gasteiger partial charge is 0.293 e. The van der Waals surface area contributed by atoms with Crippen LogP contribution in [0, 0.1) is 16.0 Å². The fourth-order valence-electron chi connectivity index (χ4n) is 5.59. The first-order chi connectivity index (χ1) is 21.8. The summed E-state index contributed by atoms with van der Waals surface area (Å²) in [4.78, 5) is 34.1. The van der Waals surface area contributed by atoms with Gasteiger partial charge in [0.05, 0.1) is 21.6 Å². The lowest BCUT2D eigenvalue weighted by Gasteiger charge is -2.30. The molecule has 14 heteroatoms. The molecule has 0 amide bonds. The Morgan fingerprint density at radius 3 is 2.69 bits per heavy atom. The van der Waals surface area contributed by atoms with E-state index in [4.69, 9.17) is 9.47 Å². The van der Waals surface area contributed by atoms with E-state index in [1.807, 2.05) is 6.07 Å². The van der Waals surface area contributed by atoms with Gasteiger partial charge in [0.15, 0.2) is 15.6 Å². The SMILES string of the molecule is O=C(CS(=O)(=O)c1ccc(NCC2CCOCC2)c([N+](=O)[O-])c1)c1ccc(N2CCNCC2)cc1Oc1cnc2[nH]ccc2c1. The molecule has 0 bridgehead atoms. The summed E-state index contributed by atoms with van der Waals surface area (Å²) in [6, 6.07) is 12.4. The fourth-order valence-corrected chi connectivity index (χ4v) is 6.83. The average molecular weight is 635 g/mol. The van der Waals surface area contributed by atoms with Crippen LogP contribution >= 0.6 is 0 Å². The number of anilines is 2. The molecule has 0 saturated carbocycles. The topological polar surface area (TPSA) is 169 Å². The molecule has 13 nitrogen and oxygen atoms in total. The number of ether oxygens (including phenoxy) is 2. The largest absolute Gasteiger partial charge is 0.455 e. The van der Waals surface area contributed by atoms with Crippen LogP contribution in [0.5, 0.6) is 11.5 Å². The zero-order valence-electron chi connectivity index (χ0n) is 24.5. The number of sulfone groups is 1. The van der Waals surface area contributed by atoms with Gasteiger partial charge in [-0.2, -0.15) is 0 Å². The molecule has 2 aromatic heterocycles. The van der Waals surface area contributed by atoms with E-state index in [0.29, 0.717) is 37.1 Å². The van der Waals surface area contributed by atoms with E-state index in [-0.39, 0.29) is 27.6 Å². The number of H-pyrrole nitrogens is 1. The Kier molecular flexibility index (Phi) is 8.96. The molecule has 4 aromatic rings. The molecule has 0 unspecified atom stereocenters. The number of piperazine rings is 1. The standard InChI is InChI=1S/C31H34N6O7S/c38-29(20-45(41,42)25-2-4-27(28(17-25)37(39)40)34-18-21-6-13-43-14-7-21)26-3-1-23(36-11-9-32-10-12-36)16-30(26)44-24-15-22-5-8-33-31(22)35-19-24/h1-5,8,15-17,19,21,32,34H,6-7,9-14,18,20H2,(H,33,35). The van der Waals surface area contributed by atoms with Crippen molar-refractivity contribution in [2.45, 2.75) is 17.7 Å². The van der Waals surface area contributed by atoms with Gasteiger partial charge in [-0.05, 0) is 55.2 Å².